The minimum absolute atomic E-state index is 0. The number of rotatable bonds is 6. The van der Waals surface area contributed by atoms with Gasteiger partial charge in [0.25, 0.3) is 0 Å². The van der Waals surface area contributed by atoms with E-state index < -0.39 is 6.04 Å². The van der Waals surface area contributed by atoms with Gasteiger partial charge < -0.3 is 20.5 Å². The van der Waals surface area contributed by atoms with Gasteiger partial charge in [0.15, 0.2) is 0 Å². The van der Waals surface area contributed by atoms with E-state index in [1.807, 2.05) is 39.0 Å². The van der Waals surface area contributed by atoms with Crippen LogP contribution in [0.2, 0.25) is 0 Å². The monoisotopic (exact) mass is 316 g/mol. The molecule has 1 aromatic rings. The molecule has 0 bridgehead atoms. The van der Waals surface area contributed by atoms with E-state index in [-0.39, 0.29) is 30.3 Å². The first-order chi connectivity index (χ1) is 9.40. The molecule has 120 valence electrons. The van der Waals surface area contributed by atoms with Gasteiger partial charge in [-0.2, -0.15) is 0 Å². The lowest BCUT2D eigenvalue weighted by Crippen LogP contribution is -2.44. The second kappa shape index (κ2) is 8.74. The minimum Gasteiger partial charge on any atom is -0.497 e. The maximum atomic E-state index is 12.0. The smallest absolute Gasteiger partial charge is 0.237 e. The van der Waals surface area contributed by atoms with Crippen molar-refractivity contribution in [3.05, 3.63) is 23.8 Å². The summed E-state index contributed by atoms with van der Waals surface area (Å²) in [7, 11) is 3.20. The fourth-order valence-corrected chi connectivity index (χ4v) is 1.87. The molecule has 3 N–H and O–H groups in total. The van der Waals surface area contributed by atoms with Crippen LogP contribution in [-0.4, -0.2) is 26.2 Å². The van der Waals surface area contributed by atoms with E-state index in [1.165, 1.54) is 0 Å². The number of nitrogens with two attached hydrogens (primary N) is 1. The molecule has 1 unspecified atom stereocenters. The van der Waals surface area contributed by atoms with E-state index in [0.29, 0.717) is 5.75 Å². The van der Waals surface area contributed by atoms with Crippen LogP contribution in [-0.2, 0) is 4.79 Å². The molecule has 6 heteroatoms. The van der Waals surface area contributed by atoms with E-state index in [9.17, 15) is 4.79 Å². The molecule has 0 aliphatic heterocycles. The predicted octanol–water partition coefficient (Wildman–Crippen LogP) is 2.29. The second-order valence-corrected chi connectivity index (χ2v) is 5.11. The van der Waals surface area contributed by atoms with Crippen molar-refractivity contribution in [2.24, 2.45) is 11.7 Å². The number of methoxy groups -OCH3 is 2. The van der Waals surface area contributed by atoms with Crippen molar-refractivity contribution < 1.29 is 14.3 Å². The summed E-state index contributed by atoms with van der Waals surface area (Å²) in [5.41, 5.74) is 6.70. The molecular weight excluding hydrogens is 292 g/mol. The normalized spacial score (nSPS) is 13.1. The highest BCUT2D eigenvalue weighted by Crippen LogP contribution is 2.29. The van der Waals surface area contributed by atoms with Crippen LogP contribution >= 0.6 is 12.4 Å². The average Bonchev–Trinajstić information content (AvgIpc) is 2.45. The Morgan fingerprint density at radius 3 is 2.29 bits per heavy atom. The van der Waals surface area contributed by atoms with E-state index >= 15 is 0 Å². The summed E-state index contributed by atoms with van der Waals surface area (Å²) in [6.45, 7) is 5.73. The number of hydrogen-bond acceptors (Lipinski definition) is 4. The van der Waals surface area contributed by atoms with Gasteiger partial charge in [-0.1, -0.05) is 13.8 Å². The third-order valence-electron chi connectivity index (χ3n) is 3.28. The maximum Gasteiger partial charge on any atom is 0.237 e. The van der Waals surface area contributed by atoms with Crippen molar-refractivity contribution in [3.8, 4) is 11.5 Å². The van der Waals surface area contributed by atoms with Crippen molar-refractivity contribution in [1.82, 2.24) is 5.32 Å². The van der Waals surface area contributed by atoms with Gasteiger partial charge in [0.2, 0.25) is 5.91 Å². The Morgan fingerprint density at radius 2 is 1.81 bits per heavy atom. The Hall–Kier alpha value is -1.46. The summed E-state index contributed by atoms with van der Waals surface area (Å²) in [6.07, 6.45) is 0. The van der Waals surface area contributed by atoms with Gasteiger partial charge in [-0.3, -0.25) is 4.79 Å². The summed E-state index contributed by atoms with van der Waals surface area (Å²) in [5.74, 6) is 1.35. The van der Waals surface area contributed by atoms with E-state index in [4.69, 9.17) is 15.2 Å². The number of ether oxygens (including phenoxy) is 2. The van der Waals surface area contributed by atoms with Crippen molar-refractivity contribution in [2.45, 2.75) is 32.9 Å². The highest BCUT2D eigenvalue weighted by atomic mass is 35.5. The number of carbonyl (C=O) groups is 1. The third kappa shape index (κ3) is 5.10. The van der Waals surface area contributed by atoms with Crippen LogP contribution in [0.4, 0.5) is 0 Å². The zero-order valence-corrected chi connectivity index (χ0v) is 14.0. The molecule has 0 aromatic heterocycles. The molecule has 0 saturated heterocycles. The predicted molar refractivity (Wildman–Crippen MR) is 86.2 cm³/mol. The van der Waals surface area contributed by atoms with Crippen LogP contribution in [0.25, 0.3) is 0 Å². The molecule has 1 aromatic carbocycles. The lowest BCUT2D eigenvalue weighted by molar-refractivity contribution is -0.123. The summed E-state index contributed by atoms with van der Waals surface area (Å²) < 4.78 is 10.5. The molecule has 5 nitrogen and oxygen atoms in total. The first-order valence-corrected chi connectivity index (χ1v) is 6.68. The van der Waals surface area contributed by atoms with Gasteiger partial charge in [-0.15, -0.1) is 12.4 Å². The summed E-state index contributed by atoms with van der Waals surface area (Å²) in [5, 5.41) is 2.90. The van der Waals surface area contributed by atoms with Gasteiger partial charge in [0.05, 0.1) is 26.3 Å². The molecular formula is C15H25ClN2O3. The number of carbonyl (C=O) groups excluding carboxylic acids is 1. The third-order valence-corrected chi connectivity index (χ3v) is 3.28. The summed E-state index contributed by atoms with van der Waals surface area (Å²) in [6, 6.07) is 4.76. The standard InChI is InChI=1S/C15H24N2O3.ClH/c1-9(2)14(16)15(18)17-10(3)12-8-11(19-4)6-7-13(12)20-5;/h6-10,14H,16H2,1-5H3,(H,17,18);1H/t10?,14-;/m1./s1. The minimum atomic E-state index is -0.519. The molecule has 1 amide bonds. The lowest BCUT2D eigenvalue weighted by Gasteiger charge is -2.21. The highest BCUT2D eigenvalue weighted by molar-refractivity contribution is 5.85. The highest BCUT2D eigenvalue weighted by Gasteiger charge is 2.21. The first kappa shape index (κ1) is 19.5. The van der Waals surface area contributed by atoms with Crippen molar-refractivity contribution >= 4 is 18.3 Å². The zero-order chi connectivity index (χ0) is 15.3. The molecule has 2 atom stereocenters. The zero-order valence-electron chi connectivity index (χ0n) is 13.2. The fourth-order valence-electron chi connectivity index (χ4n) is 1.87. The van der Waals surface area contributed by atoms with Crippen LogP contribution < -0.4 is 20.5 Å². The van der Waals surface area contributed by atoms with Gasteiger partial charge in [0.1, 0.15) is 11.5 Å². The molecule has 0 aliphatic carbocycles. The fraction of sp³-hybridized carbons (Fsp3) is 0.533. The van der Waals surface area contributed by atoms with E-state index in [2.05, 4.69) is 5.32 Å². The number of hydrogen-bond donors (Lipinski definition) is 2. The van der Waals surface area contributed by atoms with E-state index in [0.717, 1.165) is 11.3 Å². The van der Waals surface area contributed by atoms with Gasteiger partial charge in [-0.25, -0.2) is 0 Å². The lowest BCUT2D eigenvalue weighted by atomic mass is 10.0. The molecule has 0 heterocycles. The van der Waals surface area contributed by atoms with Crippen molar-refractivity contribution in [2.75, 3.05) is 14.2 Å². The molecule has 1 rings (SSSR count). The Bertz CT molecular complexity index is 466. The largest absolute Gasteiger partial charge is 0.497 e. The van der Waals surface area contributed by atoms with Gasteiger partial charge in [-0.05, 0) is 31.0 Å². The molecule has 0 aliphatic rings. The molecule has 0 saturated carbocycles. The average molecular weight is 317 g/mol. The number of halogens is 1. The summed E-state index contributed by atoms with van der Waals surface area (Å²) >= 11 is 0. The Balaban J connectivity index is 0.00000400. The number of amides is 1. The Kier molecular flexibility index (Phi) is 8.14. The molecule has 0 radical (unpaired) electrons. The first-order valence-electron chi connectivity index (χ1n) is 6.68. The Morgan fingerprint density at radius 1 is 1.19 bits per heavy atom. The number of benzene rings is 1. The number of nitrogens with one attached hydrogen (secondary N) is 1. The van der Waals surface area contributed by atoms with Crippen LogP contribution in [0, 0.1) is 5.92 Å². The topological polar surface area (TPSA) is 73.6 Å². The van der Waals surface area contributed by atoms with Crippen LogP contribution in [0.1, 0.15) is 32.4 Å². The van der Waals surface area contributed by atoms with Gasteiger partial charge in [0, 0.05) is 5.56 Å². The van der Waals surface area contributed by atoms with Crippen LogP contribution in [0.3, 0.4) is 0 Å². The Labute approximate surface area is 132 Å². The SMILES string of the molecule is COc1ccc(OC)c(C(C)NC(=O)[C@H](N)C(C)C)c1.Cl. The van der Waals surface area contributed by atoms with E-state index in [1.54, 1.807) is 14.2 Å². The molecule has 0 spiro atoms. The quantitative estimate of drug-likeness (QED) is 0.844. The second-order valence-electron chi connectivity index (χ2n) is 5.11. The van der Waals surface area contributed by atoms with Crippen molar-refractivity contribution in [3.63, 3.8) is 0 Å². The molecule has 0 fully saturated rings. The van der Waals surface area contributed by atoms with Gasteiger partial charge >= 0.3 is 0 Å². The maximum absolute atomic E-state index is 12.0. The summed E-state index contributed by atoms with van der Waals surface area (Å²) in [4.78, 5) is 12.0. The van der Waals surface area contributed by atoms with Crippen molar-refractivity contribution in [1.29, 1.82) is 0 Å². The van der Waals surface area contributed by atoms with Crippen LogP contribution in [0.5, 0.6) is 11.5 Å². The van der Waals surface area contributed by atoms with Crippen LogP contribution in [0.15, 0.2) is 18.2 Å². The molecule has 21 heavy (non-hydrogen) atoms.